The van der Waals surface area contributed by atoms with Crippen molar-refractivity contribution in [3.63, 3.8) is 0 Å². The zero-order chi connectivity index (χ0) is 17.1. The molecule has 0 radical (unpaired) electrons. The third-order valence-electron chi connectivity index (χ3n) is 3.99. The van der Waals surface area contributed by atoms with Crippen molar-refractivity contribution in [1.82, 2.24) is 20.2 Å². The Kier molecular flexibility index (Phi) is 4.80. The van der Waals surface area contributed by atoms with Gasteiger partial charge in [-0.15, -0.1) is 0 Å². The fourth-order valence-electron chi connectivity index (χ4n) is 2.55. The van der Waals surface area contributed by atoms with Crippen LogP contribution in [0.15, 0.2) is 23.2 Å². The molecule has 1 aromatic carbocycles. The molecule has 2 heterocycles. The van der Waals surface area contributed by atoms with Crippen LogP contribution in [0.5, 0.6) is 5.75 Å². The summed E-state index contributed by atoms with van der Waals surface area (Å²) >= 11 is 0. The summed E-state index contributed by atoms with van der Waals surface area (Å²) in [7, 11) is 0. The van der Waals surface area contributed by atoms with Gasteiger partial charge in [-0.05, 0) is 45.9 Å². The monoisotopic (exact) mass is 328 g/mol. The van der Waals surface area contributed by atoms with E-state index in [1.807, 2.05) is 32.0 Å². The number of aromatic nitrogens is 2. The van der Waals surface area contributed by atoms with Crippen LogP contribution < -0.4 is 15.4 Å². The molecule has 128 valence electrons. The van der Waals surface area contributed by atoms with E-state index in [9.17, 15) is 0 Å². The number of anilines is 1. The molecule has 2 aromatic rings. The van der Waals surface area contributed by atoms with E-state index in [2.05, 4.69) is 44.3 Å². The minimum atomic E-state index is 0.460. The highest BCUT2D eigenvalue weighted by atomic mass is 16.5. The van der Waals surface area contributed by atoms with Gasteiger partial charge < -0.3 is 10.1 Å². The first-order chi connectivity index (χ1) is 11.6. The summed E-state index contributed by atoms with van der Waals surface area (Å²) in [6.07, 6.45) is 0. The minimum Gasteiger partial charge on any atom is -0.494 e. The molecule has 3 rings (SSSR count). The number of hydrogen-bond donors (Lipinski definition) is 2. The number of guanidine groups is 1. The predicted octanol–water partition coefficient (Wildman–Crippen LogP) is 2.33. The Morgan fingerprint density at radius 3 is 2.83 bits per heavy atom. The van der Waals surface area contributed by atoms with Crippen LogP contribution in [0, 0.1) is 6.92 Å². The van der Waals surface area contributed by atoms with Gasteiger partial charge in [0.25, 0.3) is 0 Å². The van der Waals surface area contributed by atoms with E-state index < -0.39 is 0 Å². The normalized spacial score (nSPS) is 15.3. The molecule has 0 unspecified atom stereocenters. The van der Waals surface area contributed by atoms with Crippen molar-refractivity contribution in [1.29, 1.82) is 0 Å². The SMILES string of the molecule is CCOc1ccc2nc(NC3=NCN(C(C)C)CN3)nc(C)c2c1. The zero-order valence-electron chi connectivity index (χ0n) is 14.6. The topological polar surface area (TPSA) is 74.7 Å². The largest absolute Gasteiger partial charge is 0.494 e. The van der Waals surface area contributed by atoms with E-state index in [0.29, 0.717) is 31.2 Å². The van der Waals surface area contributed by atoms with Gasteiger partial charge in [0.2, 0.25) is 11.9 Å². The van der Waals surface area contributed by atoms with Gasteiger partial charge in [0, 0.05) is 11.4 Å². The van der Waals surface area contributed by atoms with Crippen LogP contribution in [-0.2, 0) is 0 Å². The molecular weight excluding hydrogens is 304 g/mol. The van der Waals surface area contributed by atoms with Crippen molar-refractivity contribution in [2.24, 2.45) is 4.99 Å². The standard InChI is InChI=1S/C17H24N6O/c1-5-24-13-6-7-15-14(8-13)12(4)20-17(21-15)22-16-18-9-23(10-19-16)11(2)3/h6-8,11H,5,9-10H2,1-4H3,(H2,18,19,20,21,22). The van der Waals surface area contributed by atoms with E-state index in [-0.39, 0.29) is 0 Å². The second-order valence-corrected chi connectivity index (χ2v) is 6.04. The van der Waals surface area contributed by atoms with Gasteiger partial charge in [-0.1, -0.05) is 0 Å². The lowest BCUT2D eigenvalue weighted by Gasteiger charge is -2.29. The van der Waals surface area contributed by atoms with Gasteiger partial charge in [-0.2, -0.15) is 0 Å². The minimum absolute atomic E-state index is 0.460. The molecule has 1 aliphatic rings. The summed E-state index contributed by atoms with van der Waals surface area (Å²) in [5.74, 6) is 2.09. The van der Waals surface area contributed by atoms with Gasteiger partial charge in [0.05, 0.1) is 31.2 Å². The smallest absolute Gasteiger partial charge is 0.230 e. The number of hydrogen-bond acceptors (Lipinski definition) is 7. The molecule has 0 aliphatic carbocycles. The maximum Gasteiger partial charge on any atom is 0.230 e. The highest BCUT2D eigenvalue weighted by molar-refractivity contribution is 5.93. The quantitative estimate of drug-likeness (QED) is 0.897. The van der Waals surface area contributed by atoms with Gasteiger partial charge in [0.15, 0.2) is 0 Å². The Morgan fingerprint density at radius 1 is 1.33 bits per heavy atom. The van der Waals surface area contributed by atoms with Crippen LogP contribution in [0.25, 0.3) is 10.9 Å². The van der Waals surface area contributed by atoms with Gasteiger partial charge in [-0.25, -0.2) is 15.0 Å². The summed E-state index contributed by atoms with van der Waals surface area (Å²) in [4.78, 5) is 15.8. The third-order valence-corrected chi connectivity index (χ3v) is 3.99. The fraction of sp³-hybridized carbons (Fsp3) is 0.471. The molecule has 0 bridgehead atoms. The second-order valence-electron chi connectivity index (χ2n) is 6.04. The molecule has 7 nitrogen and oxygen atoms in total. The molecule has 0 atom stereocenters. The molecule has 7 heteroatoms. The molecule has 0 fully saturated rings. The molecule has 0 saturated heterocycles. The van der Waals surface area contributed by atoms with Crippen molar-refractivity contribution in [2.75, 3.05) is 25.3 Å². The molecule has 0 spiro atoms. The van der Waals surface area contributed by atoms with E-state index in [4.69, 9.17) is 4.74 Å². The van der Waals surface area contributed by atoms with Gasteiger partial charge in [-0.3, -0.25) is 10.2 Å². The number of rotatable bonds is 4. The molecule has 1 aromatic heterocycles. The third kappa shape index (κ3) is 3.56. The summed E-state index contributed by atoms with van der Waals surface area (Å²) in [5.41, 5.74) is 1.79. The Morgan fingerprint density at radius 2 is 2.17 bits per heavy atom. The Hall–Kier alpha value is -2.41. The maximum atomic E-state index is 5.55. The van der Waals surface area contributed by atoms with Crippen LogP contribution >= 0.6 is 0 Å². The molecule has 24 heavy (non-hydrogen) atoms. The Bertz CT molecular complexity index is 758. The van der Waals surface area contributed by atoms with Gasteiger partial charge >= 0.3 is 0 Å². The number of nitrogens with one attached hydrogen (secondary N) is 2. The highest BCUT2D eigenvalue weighted by Gasteiger charge is 2.15. The van der Waals surface area contributed by atoms with Crippen molar-refractivity contribution < 1.29 is 4.74 Å². The molecule has 0 amide bonds. The first-order valence-corrected chi connectivity index (χ1v) is 8.27. The summed E-state index contributed by atoms with van der Waals surface area (Å²) in [6, 6.07) is 6.33. The van der Waals surface area contributed by atoms with E-state index in [1.54, 1.807) is 0 Å². The molecule has 1 aliphatic heterocycles. The van der Waals surface area contributed by atoms with Crippen LogP contribution in [0.1, 0.15) is 26.5 Å². The molecule has 2 N–H and O–H groups in total. The number of ether oxygens (including phenoxy) is 1. The van der Waals surface area contributed by atoms with Gasteiger partial charge in [0.1, 0.15) is 5.75 Å². The fourth-order valence-corrected chi connectivity index (χ4v) is 2.55. The number of fused-ring (bicyclic) bond motifs is 1. The Labute approximate surface area is 142 Å². The Balaban J connectivity index is 1.80. The number of aryl methyl sites for hydroxylation is 1. The van der Waals surface area contributed by atoms with Crippen molar-refractivity contribution in [3.8, 4) is 5.75 Å². The van der Waals surface area contributed by atoms with Crippen molar-refractivity contribution in [3.05, 3.63) is 23.9 Å². The average Bonchev–Trinajstić information content (AvgIpc) is 2.56. The van der Waals surface area contributed by atoms with Crippen molar-refractivity contribution in [2.45, 2.75) is 33.7 Å². The van der Waals surface area contributed by atoms with Crippen molar-refractivity contribution >= 4 is 22.8 Å². The number of nitrogens with zero attached hydrogens (tertiary/aromatic N) is 4. The van der Waals surface area contributed by atoms with Crippen LogP contribution in [0.4, 0.5) is 5.95 Å². The lowest BCUT2D eigenvalue weighted by molar-refractivity contribution is 0.214. The van der Waals surface area contributed by atoms with E-state index in [0.717, 1.165) is 29.0 Å². The highest BCUT2D eigenvalue weighted by Crippen LogP contribution is 2.23. The van der Waals surface area contributed by atoms with E-state index in [1.165, 1.54) is 0 Å². The number of aliphatic imine (C=N–C) groups is 1. The zero-order valence-corrected chi connectivity index (χ0v) is 14.6. The second kappa shape index (κ2) is 7.00. The lowest BCUT2D eigenvalue weighted by atomic mass is 10.2. The van der Waals surface area contributed by atoms with Crippen LogP contribution in [0.3, 0.4) is 0 Å². The molecule has 0 saturated carbocycles. The lowest BCUT2D eigenvalue weighted by Crippen LogP contribution is -2.48. The van der Waals surface area contributed by atoms with Crippen LogP contribution in [-0.4, -0.2) is 46.8 Å². The number of benzene rings is 1. The summed E-state index contributed by atoms with van der Waals surface area (Å²) < 4.78 is 5.55. The predicted molar refractivity (Wildman–Crippen MR) is 96.3 cm³/mol. The van der Waals surface area contributed by atoms with E-state index >= 15 is 0 Å². The maximum absolute atomic E-state index is 5.55. The first-order valence-electron chi connectivity index (χ1n) is 8.27. The average molecular weight is 328 g/mol. The first kappa shape index (κ1) is 16.4. The van der Waals surface area contributed by atoms with Crippen LogP contribution in [0.2, 0.25) is 0 Å². The molecular formula is C17H24N6O. The summed E-state index contributed by atoms with van der Waals surface area (Å²) in [5, 5.41) is 7.43. The summed E-state index contributed by atoms with van der Waals surface area (Å²) in [6.45, 7) is 10.3.